The van der Waals surface area contributed by atoms with E-state index in [4.69, 9.17) is 0 Å². The number of methoxy groups -OCH3 is 2. The van der Waals surface area contributed by atoms with E-state index in [1.807, 2.05) is 0 Å². The number of carbonyl (C=O) groups excluding carboxylic acids is 4. The highest BCUT2D eigenvalue weighted by molar-refractivity contribution is 5.96. The van der Waals surface area contributed by atoms with Crippen LogP contribution >= 0.6 is 0 Å². The fourth-order valence-corrected chi connectivity index (χ4v) is 1.77. The van der Waals surface area contributed by atoms with Gasteiger partial charge >= 0.3 is 23.9 Å². The average molecular weight is 333 g/mol. The van der Waals surface area contributed by atoms with Gasteiger partial charge in [0.2, 0.25) is 0 Å². The molecule has 0 aromatic carbocycles. The molecule has 0 aromatic rings. The van der Waals surface area contributed by atoms with Crippen molar-refractivity contribution in [1.82, 2.24) is 5.32 Å². The van der Waals surface area contributed by atoms with Crippen molar-refractivity contribution in [3.05, 3.63) is 0 Å². The van der Waals surface area contributed by atoms with Gasteiger partial charge in [-0.25, -0.2) is 4.79 Å². The summed E-state index contributed by atoms with van der Waals surface area (Å²) in [6.45, 7) is 1.66. The molecule has 130 valence electrons. The third-order valence-electron chi connectivity index (χ3n) is 2.95. The van der Waals surface area contributed by atoms with Crippen LogP contribution in [0.25, 0.3) is 0 Å². The van der Waals surface area contributed by atoms with E-state index >= 15 is 0 Å². The van der Waals surface area contributed by atoms with Crippen molar-refractivity contribution < 1.29 is 43.3 Å². The maximum atomic E-state index is 11.7. The Labute approximate surface area is 132 Å². The highest BCUT2D eigenvalue weighted by atomic mass is 16.5. The minimum Gasteiger partial charge on any atom is -0.480 e. The van der Waals surface area contributed by atoms with Crippen molar-refractivity contribution in [3.8, 4) is 0 Å². The van der Waals surface area contributed by atoms with Gasteiger partial charge in [-0.15, -0.1) is 0 Å². The Morgan fingerprint density at radius 2 is 1.52 bits per heavy atom. The van der Waals surface area contributed by atoms with Gasteiger partial charge in [0, 0.05) is 12.8 Å². The summed E-state index contributed by atoms with van der Waals surface area (Å²) in [4.78, 5) is 56.9. The number of ether oxygens (including phenoxy) is 3. The Morgan fingerprint density at radius 3 is 1.87 bits per heavy atom. The van der Waals surface area contributed by atoms with E-state index in [2.05, 4.69) is 19.5 Å². The standard InChI is InChI=1S/C13H19NO9/c1-6(9(12(19)21-3)13(20)22-4)10(11(17)18)14-8(16)5-23-7(2)15/h6,9-10H,5H2,1-4H3,(H,14,16)(H,17,18)/t6-,10+/m0/s1. The molecule has 0 spiro atoms. The monoisotopic (exact) mass is 333 g/mol. The van der Waals surface area contributed by atoms with E-state index in [0.29, 0.717) is 0 Å². The minimum atomic E-state index is -1.60. The van der Waals surface area contributed by atoms with Crippen LogP contribution < -0.4 is 5.32 Å². The maximum absolute atomic E-state index is 11.7. The number of rotatable bonds is 8. The molecule has 2 N–H and O–H groups in total. The van der Waals surface area contributed by atoms with Crippen LogP contribution in [0.4, 0.5) is 0 Å². The Hall–Kier alpha value is -2.65. The lowest BCUT2D eigenvalue weighted by atomic mass is 9.87. The molecule has 0 saturated carbocycles. The van der Waals surface area contributed by atoms with Crippen LogP contribution in [0.5, 0.6) is 0 Å². The molecule has 0 bridgehead atoms. The molecular formula is C13H19NO9. The Balaban J connectivity index is 5.21. The van der Waals surface area contributed by atoms with Crippen molar-refractivity contribution in [2.24, 2.45) is 11.8 Å². The highest BCUT2D eigenvalue weighted by Crippen LogP contribution is 2.19. The van der Waals surface area contributed by atoms with Crippen LogP contribution in [0.2, 0.25) is 0 Å². The summed E-state index contributed by atoms with van der Waals surface area (Å²) in [5, 5.41) is 11.3. The van der Waals surface area contributed by atoms with Crippen molar-refractivity contribution in [2.45, 2.75) is 19.9 Å². The molecule has 1 amide bonds. The van der Waals surface area contributed by atoms with Crippen LogP contribution in [-0.2, 0) is 38.2 Å². The van der Waals surface area contributed by atoms with Crippen molar-refractivity contribution in [3.63, 3.8) is 0 Å². The summed E-state index contributed by atoms with van der Waals surface area (Å²) in [7, 11) is 2.06. The number of hydrogen-bond donors (Lipinski definition) is 2. The molecule has 0 radical (unpaired) electrons. The van der Waals surface area contributed by atoms with E-state index in [9.17, 15) is 29.1 Å². The number of nitrogens with one attached hydrogen (secondary N) is 1. The van der Waals surface area contributed by atoms with E-state index in [-0.39, 0.29) is 0 Å². The van der Waals surface area contributed by atoms with Gasteiger partial charge in [0.25, 0.3) is 5.91 Å². The largest absolute Gasteiger partial charge is 0.480 e. The number of carboxylic acid groups (broad SMARTS) is 1. The van der Waals surface area contributed by atoms with Gasteiger partial charge in [-0.1, -0.05) is 6.92 Å². The summed E-state index contributed by atoms with van der Waals surface area (Å²) in [6.07, 6.45) is 0. The third kappa shape index (κ3) is 6.32. The van der Waals surface area contributed by atoms with Gasteiger partial charge in [-0.05, 0) is 0 Å². The number of carbonyl (C=O) groups is 5. The van der Waals surface area contributed by atoms with E-state index in [1.165, 1.54) is 6.92 Å². The van der Waals surface area contributed by atoms with Crippen molar-refractivity contribution in [1.29, 1.82) is 0 Å². The number of amides is 1. The average Bonchev–Trinajstić information content (AvgIpc) is 2.49. The van der Waals surface area contributed by atoms with Gasteiger partial charge in [-0.3, -0.25) is 19.2 Å². The molecule has 0 saturated heterocycles. The van der Waals surface area contributed by atoms with Crippen LogP contribution in [0.15, 0.2) is 0 Å². The first kappa shape index (κ1) is 20.3. The molecule has 0 aromatic heterocycles. The summed E-state index contributed by atoms with van der Waals surface area (Å²) in [6, 6.07) is -1.60. The molecule has 0 fully saturated rings. The molecular weight excluding hydrogens is 314 g/mol. The first-order valence-corrected chi connectivity index (χ1v) is 6.46. The second kappa shape index (κ2) is 9.38. The number of carboxylic acids is 1. The summed E-state index contributed by atoms with van der Waals surface area (Å²) in [5.74, 6) is -7.80. The maximum Gasteiger partial charge on any atom is 0.326 e. The Bertz CT molecular complexity index is 472. The molecule has 0 aliphatic rings. The molecule has 0 rings (SSSR count). The zero-order chi connectivity index (χ0) is 18.2. The fourth-order valence-electron chi connectivity index (χ4n) is 1.77. The highest BCUT2D eigenvalue weighted by Gasteiger charge is 2.42. The molecule has 10 heteroatoms. The first-order chi connectivity index (χ1) is 10.6. The topological polar surface area (TPSA) is 145 Å². The second-order valence-corrected chi connectivity index (χ2v) is 4.55. The lowest BCUT2D eigenvalue weighted by Crippen LogP contribution is -2.51. The van der Waals surface area contributed by atoms with Gasteiger partial charge in [0.05, 0.1) is 14.2 Å². The predicted octanol–water partition coefficient (Wildman–Crippen LogP) is -1.28. The smallest absolute Gasteiger partial charge is 0.326 e. The van der Waals surface area contributed by atoms with Crippen molar-refractivity contribution >= 4 is 29.8 Å². The molecule has 23 heavy (non-hydrogen) atoms. The Morgan fingerprint density at radius 1 is 1.04 bits per heavy atom. The zero-order valence-corrected chi connectivity index (χ0v) is 13.2. The number of hydrogen-bond acceptors (Lipinski definition) is 8. The van der Waals surface area contributed by atoms with Gasteiger partial charge in [0.15, 0.2) is 12.5 Å². The normalized spacial score (nSPS) is 12.7. The van der Waals surface area contributed by atoms with Gasteiger partial charge in [0.1, 0.15) is 6.04 Å². The van der Waals surface area contributed by atoms with E-state index < -0.39 is 54.3 Å². The minimum absolute atomic E-state index is 0.688. The third-order valence-corrected chi connectivity index (χ3v) is 2.95. The van der Waals surface area contributed by atoms with Crippen LogP contribution in [0, 0.1) is 11.8 Å². The second-order valence-electron chi connectivity index (χ2n) is 4.55. The summed E-state index contributed by atoms with van der Waals surface area (Å²) in [5.41, 5.74) is 0. The SMILES string of the molecule is COC(=O)C(C(=O)OC)[C@H](C)[C@@H](NC(=O)COC(C)=O)C(=O)O. The molecule has 0 unspecified atom stereocenters. The van der Waals surface area contributed by atoms with E-state index in [1.54, 1.807) is 0 Å². The molecule has 0 aliphatic carbocycles. The van der Waals surface area contributed by atoms with E-state index in [0.717, 1.165) is 21.1 Å². The van der Waals surface area contributed by atoms with Gasteiger partial charge in [-0.2, -0.15) is 0 Å². The molecule has 2 atom stereocenters. The van der Waals surface area contributed by atoms with Gasteiger partial charge < -0.3 is 24.6 Å². The summed E-state index contributed by atoms with van der Waals surface area (Å²) >= 11 is 0. The lowest BCUT2D eigenvalue weighted by Gasteiger charge is -2.25. The Kier molecular flexibility index (Phi) is 8.30. The first-order valence-electron chi connectivity index (χ1n) is 6.46. The van der Waals surface area contributed by atoms with Crippen LogP contribution in [0.1, 0.15) is 13.8 Å². The predicted molar refractivity (Wildman–Crippen MR) is 72.9 cm³/mol. The van der Waals surface area contributed by atoms with Crippen LogP contribution in [-0.4, -0.2) is 61.8 Å². The summed E-state index contributed by atoms with van der Waals surface area (Å²) < 4.78 is 13.3. The molecule has 0 aliphatic heterocycles. The number of aliphatic carboxylic acids is 1. The quantitative estimate of drug-likeness (QED) is 0.315. The zero-order valence-electron chi connectivity index (χ0n) is 13.2. The molecule has 0 heterocycles. The fraction of sp³-hybridized carbons (Fsp3) is 0.615. The van der Waals surface area contributed by atoms with Crippen molar-refractivity contribution in [2.75, 3.05) is 20.8 Å². The lowest BCUT2D eigenvalue weighted by molar-refractivity contribution is -0.163. The molecule has 10 nitrogen and oxygen atoms in total. The van der Waals surface area contributed by atoms with Crippen LogP contribution in [0.3, 0.4) is 0 Å². The number of esters is 3.